The fraction of sp³-hybridized carbons (Fsp3) is 0.167. The van der Waals surface area contributed by atoms with Crippen LogP contribution in [0.1, 0.15) is 33.5 Å². The standard InChI is InChI=1S/C24H22N4O4/c1-4-32-17-11-9-16(10-12-17)20-13-15(2)28-22(25-20)14-21(27-28)23(29)26-19-8-6-5-7-18(19)24(30)31-3/h5-14H,4H2,1-3H3,(H,26,29). The third-order valence-corrected chi connectivity index (χ3v) is 4.88. The maximum Gasteiger partial charge on any atom is 0.339 e. The van der Waals surface area contributed by atoms with Crippen LogP contribution in [0.5, 0.6) is 5.75 Å². The molecule has 0 aliphatic rings. The molecule has 0 fully saturated rings. The maximum atomic E-state index is 12.8. The van der Waals surface area contributed by atoms with E-state index in [9.17, 15) is 9.59 Å². The molecule has 0 unspecified atom stereocenters. The van der Waals surface area contributed by atoms with Crippen LogP contribution in [-0.4, -0.2) is 40.2 Å². The third-order valence-electron chi connectivity index (χ3n) is 4.88. The van der Waals surface area contributed by atoms with Gasteiger partial charge in [0.2, 0.25) is 0 Å². The van der Waals surface area contributed by atoms with Crippen molar-refractivity contribution in [3.8, 4) is 17.0 Å². The molecule has 0 aliphatic heterocycles. The first kappa shape index (κ1) is 21.0. The van der Waals surface area contributed by atoms with Crippen LogP contribution in [0.2, 0.25) is 0 Å². The van der Waals surface area contributed by atoms with Crippen LogP contribution in [0.25, 0.3) is 16.9 Å². The van der Waals surface area contributed by atoms with E-state index in [4.69, 9.17) is 9.47 Å². The number of hydrogen-bond acceptors (Lipinski definition) is 6. The first-order chi connectivity index (χ1) is 15.5. The molecular weight excluding hydrogens is 408 g/mol. The van der Waals surface area contributed by atoms with Crippen molar-refractivity contribution in [3.63, 3.8) is 0 Å². The lowest BCUT2D eigenvalue weighted by Gasteiger charge is -2.08. The van der Waals surface area contributed by atoms with Gasteiger partial charge in [-0.25, -0.2) is 14.3 Å². The molecule has 32 heavy (non-hydrogen) atoms. The van der Waals surface area contributed by atoms with Gasteiger partial charge in [0.15, 0.2) is 11.3 Å². The minimum Gasteiger partial charge on any atom is -0.494 e. The van der Waals surface area contributed by atoms with Crippen molar-refractivity contribution in [1.29, 1.82) is 0 Å². The molecule has 8 heteroatoms. The first-order valence-corrected chi connectivity index (χ1v) is 10.1. The van der Waals surface area contributed by atoms with Crippen LogP contribution < -0.4 is 10.1 Å². The molecule has 0 saturated carbocycles. The number of para-hydroxylation sites is 1. The molecule has 0 spiro atoms. The number of methoxy groups -OCH3 is 1. The van der Waals surface area contributed by atoms with E-state index in [0.29, 0.717) is 17.9 Å². The Balaban J connectivity index is 1.63. The predicted octanol–water partition coefficient (Wildman–Crippen LogP) is 4.14. The molecule has 0 radical (unpaired) electrons. The average molecular weight is 430 g/mol. The van der Waals surface area contributed by atoms with Crippen molar-refractivity contribution in [3.05, 3.63) is 77.6 Å². The molecule has 4 aromatic rings. The summed E-state index contributed by atoms with van der Waals surface area (Å²) in [5.74, 6) is -0.188. The SMILES string of the molecule is CCOc1ccc(-c2cc(C)n3nc(C(=O)Nc4ccccc4C(=O)OC)cc3n2)cc1. The highest BCUT2D eigenvalue weighted by Gasteiger charge is 2.18. The van der Waals surface area contributed by atoms with Gasteiger partial charge in [-0.15, -0.1) is 0 Å². The molecule has 1 N–H and O–H groups in total. The summed E-state index contributed by atoms with van der Waals surface area (Å²) in [6.45, 7) is 4.44. The highest BCUT2D eigenvalue weighted by atomic mass is 16.5. The van der Waals surface area contributed by atoms with Crippen molar-refractivity contribution in [2.75, 3.05) is 19.0 Å². The Morgan fingerprint density at radius 2 is 1.81 bits per heavy atom. The van der Waals surface area contributed by atoms with E-state index in [1.165, 1.54) is 7.11 Å². The lowest BCUT2D eigenvalue weighted by molar-refractivity contribution is 0.0602. The Morgan fingerprint density at radius 1 is 1.06 bits per heavy atom. The molecule has 2 aromatic heterocycles. The number of fused-ring (bicyclic) bond motifs is 1. The highest BCUT2D eigenvalue weighted by molar-refractivity contribution is 6.07. The quantitative estimate of drug-likeness (QED) is 0.462. The topological polar surface area (TPSA) is 94.8 Å². The fourth-order valence-electron chi connectivity index (χ4n) is 3.34. The van der Waals surface area contributed by atoms with E-state index < -0.39 is 11.9 Å². The van der Waals surface area contributed by atoms with E-state index in [2.05, 4.69) is 15.4 Å². The predicted molar refractivity (Wildman–Crippen MR) is 120 cm³/mol. The van der Waals surface area contributed by atoms with Gasteiger partial charge in [0, 0.05) is 17.3 Å². The second kappa shape index (κ2) is 8.89. The van der Waals surface area contributed by atoms with E-state index in [-0.39, 0.29) is 11.3 Å². The Morgan fingerprint density at radius 3 is 2.53 bits per heavy atom. The number of nitrogens with one attached hydrogen (secondary N) is 1. The minimum absolute atomic E-state index is 0.184. The number of anilines is 1. The van der Waals surface area contributed by atoms with Crippen molar-refractivity contribution in [2.45, 2.75) is 13.8 Å². The van der Waals surface area contributed by atoms with Crippen molar-refractivity contribution in [2.24, 2.45) is 0 Å². The fourth-order valence-corrected chi connectivity index (χ4v) is 3.34. The summed E-state index contributed by atoms with van der Waals surface area (Å²) in [7, 11) is 1.29. The lowest BCUT2D eigenvalue weighted by Crippen LogP contribution is -2.16. The second-order valence-corrected chi connectivity index (χ2v) is 7.03. The van der Waals surface area contributed by atoms with Gasteiger partial charge in [0.1, 0.15) is 5.75 Å². The molecule has 0 bridgehead atoms. The zero-order valence-electron chi connectivity index (χ0n) is 18.0. The molecule has 162 valence electrons. The number of aromatic nitrogens is 3. The molecule has 0 aliphatic carbocycles. The smallest absolute Gasteiger partial charge is 0.339 e. The summed E-state index contributed by atoms with van der Waals surface area (Å²) in [5.41, 5.74) is 3.86. The van der Waals surface area contributed by atoms with Gasteiger partial charge in [-0.2, -0.15) is 5.10 Å². The van der Waals surface area contributed by atoms with Crippen LogP contribution in [0, 0.1) is 6.92 Å². The van der Waals surface area contributed by atoms with E-state index in [1.807, 2.05) is 44.2 Å². The maximum absolute atomic E-state index is 12.8. The number of amides is 1. The third kappa shape index (κ3) is 4.15. The van der Waals surface area contributed by atoms with Crippen LogP contribution in [0.3, 0.4) is 0 Å². The number of hydrogen-bond donors (Lipinski definition) is 1. The van der Waals surface area contributed by atoms with Crippen LogP contribution >= 0.6 is 0 Å². The molecule has 4 rings (SSSR count). The van der Waals surface area contributed by atoms with Gasteiger partial charge in [-0.3, -0.25) is 4.79 Å². The number of benzene rings is 2. The van der Waals surface area contributed by atoms with E-state index in [1.54, 1.807) is 34.8 Å². The summed E-state index contributed by atoms with van der Waals surface area (Å²) >= 11 is 0. The Labute approximate surface area is 184 Å². The summed E-state index contributed by atoms with van der Waals surface area (Å²) < 4.78 is 11.9. The Hall–Kier alpha value is -4.20. The largest absolute Gasteiger partial charge is 0.494 e. The van der Waals surface area contributed by atoms with E-state index >= 15 is 0 Å². The van der Waals surface area contributed by atoms with Gasteiger partial charge in [-0.1, -0.05) is 12.1 Å². The van der Waals surface area contributed by atoms with Crippen molar-refractivity contribution >= 4 is 23.2 Å². The van der Waals surface area contributed by atoms with Crippen LogP contribution in [0.15, 0.2) is 60.7 Å². The summed E-state index contributed by atoms with van der Waals surface area (Å²) in [5, 5.41) is 7.11. The minimum atomic E-state index is -0.534. The van der Waals surface area contributed by atoms with Gasteiger partial charge in [-0.05, 0) is 56.3 Å². The summed E-state index contributed by atoms with van der Waals surface area (Å²) in [6.07, 6.45) is 0. The van der Waals surface area contributed by atoms with Crippen molar-refractivity contribution in [1.82, 2.24) is 14.6 Å². The number of ether oxygens (including phenoxy) is 2. The number of rotatable bonds is 6. The number of nitrogens with zero attached hydrogens (tertiary/aromatic N) is 3. The summed E-state index contributed by atoms with van der Waals surface area (Å²) in [6, 6.07) is 17.8. The second-order valence-electron chi connectivity index (χ2n) is 7.03. The number of aryl methyl sites for hydroxylation is 1. The monoisotopic (exact) mass is 430 g/mol. The first-order valence-electron chi connectivity index (χ1n) is 10.1. The number of carbonyl (C=O) groups is 2. The van der Waals surface area contributed by atoms with Crippen LogP contribution in [-0.2, 0) is 4.74 Å². The molecular formula is C24H22N4O4. The molecule has 0 atom stereocenters. The van der Waals surface area contributed by atoms with Gasteiger partial charge in [0.05, 0.1) is 30.7 Å². The molecule has 2 aromatic carbocycles. The molecule has 0 saturated heterocycles. The highest BCUT2D eigenvalue weighted by Crippen LogP contribution is 2.23. The lowest BCUT2D eigenvalue weighted by atomic mass is 10.1. The van der Waals surface area contributed by atoms with Crippen LogP contribution in [0.4, 0.5) is 5.69 Å². The van der Waals surface area contributed by atoms with Gasteiger partial charge < -0.3 is 14.8 Å². The Bertz CT molecular complexity index is 1300. The van der Waals surface area contributed by atoms with Gasteiger partial charge in [0.25, 0.3) is 5.91 Å². The molecule has 8 nitrogen and oxygen atoms in total. The molecule has 2 heterocycles. The van der Waals surface area contributed by atoms with Gasteiger partial charge >= 0.3 is 5.97 Å². The van der Waals surface area contributed by atoms with Crippen molar-refractivity contribution < 1.29 is 19.1 Å². The van der Waals surface area contributed by atoms with E-state index in [0.717, 1.165) is 22.7 Å². The Kier molecular flexibility index (Phi) is 5.85. The number of esters is 1. The molecule has 1 amide bonds. The number of carbonyl (C=O) groups excluding carboxylic acids is 2. The zero-order chi connectivity index (χ0) is 22.7. The summed E-state index contributed by atoms with van der Waals surface area (Å²) in [4.78, 5) is 29.4. The normalized spacial score (nSPS) is 10.7. The zero-order valence-corrected chi connectivity index (χ0v) is 18.0. The average Bonchev–Trinajstić information content (AvgIpc) is 3.25.